The highest BCUT2D eigenvalue weighted by atomic mass is 16.5. The van der Waals surface area contributed by atoms with Crippen LogP contribution in [-0.2, 0) is 19.1 Å². The highest BCUT2D eigenvalue weighted by Crippen LogP contribution is 2.37. The van der Waals surface area contributed by atoms with E-state index in [-0.39, 0.29) is 29.2 Å². The van der Waals surface area contributed by atoms with Gasteiger partial charge in [0.1, 0.15) is 0 Å². The summed E-state index contributed by atoms with van der Waals surface area (Å²) in [5, 5.41) is 2.72. The minimum Gasteiger partial charge on any atom is -0.452 e. The monoisotopic (exact) mass is 432 g/mol. The number of allylic oxidation sites excluding steroid dienone is 2. The maximum Gasteiger partial charge on any atom is 0.338 e. The van der Waals surface area contributed by atoms with E-state index in [9.17, 15) is 19.2 Å². The molecule has 2 atom stereocenters. The Kier molecular flexibility index (Phi) is 5.90. The van der Waals surface area contributed by atoms with Crippen molar-refractivity contribution in [1.29, 1.82) is 0 Å². The third kappa shape index (κ3) is 4.19. The molecule has 3 amide bonds. The van der Waals surface area contributed by atoms with Crippen LogP contribution in [0.4, 0.5) is 11.4 Å². The van der Waals surface area contributed by atoms with Gasteiger partial charge >= 0.3 is 5.97 Å². The molecule has 4 rings (SSSR count). The van der Waals surface area contributed by atoms with E-state index in [0.29, 0.717) is 24.2 Å². The number of nitrogens with zero attached hydrogens (tertiary/aromatic N) is 1. The minimum absolute atomic E-state index is 0.206. The van der Waals surface area contributed by atoms with E-state index >= 15 is 0 Å². The first-order valence-electron chi connectivity index (χ1n) is 10.5. The molecule has 0 bridgehead atoms. The van der Waals surface area contributed by atoms with Gasteiger partial charge in [-0.25, -0.2) is 4.79 Å². The number of imide groups is 1. The average molecular weight is 432 g/mol. The summed E-state index contributed by atoms with van der Waals surface area (Å²) in [6, 6.07) is 11.7. The molecule has 0 spiro atoms. The predicted molar refractivity (Wildman–Crippen MR) is 119 cm³/mol. The summed E-state index contributed by atoms with van der Waals surface area (Å²) < 4.78 is 5.10. The third-order valence-electron chi connectivity index (χ3n) is 5.86. The Morgan fingerprint density at radius 1 is 0.969 bits per heavy atom. The summed E-state index contributed by atoms with van der Waals surface area (Å²) in [5.74, 6) is -2.14. The number of fused-ring (bicyclic) bond motifs is 1. The molecule has 2 aromatic rings. The zero-order valence-corrected chi connectivity index (χ0v) is 18.0. The first kappa shape index (κ1) is 21.5. The second kappa shape index (κ2) is 8.78. The second-order valence-corrected chi connectivity index (χ2v) is 8.16. The van der Waals surface area contributed by atoms with E-state index in [1.807, 2.05) is 38.1 Å². The van der Waals surface area contributed by atoms with E-state index in [4.69, 9.17) is 4.74 Å². The predicted octanol–water partition coefficient (Wildman–Crippen LogP) is 3.55. The van der Waals surface area contributed by atoms with Gasteiger partial charge in [-0.3, -0.25) is 19.3 Å². The number of hydrogen-bond donors (Lipinski definition) is 1. The van der Waals surface area contributed by atoms with Gasteiger partial charge in [0, 0.05) is 5.69 Å². The van der Waals surface area contributed by atoms with Crippen molar-refractivity contribution < 1.29 is 23.9 Å². The molecular formula is C25H24N2O5. The molecule has 0 radical (unpaired) electrons. The van der Waals surface area contributed by atoms with Crippen molar-refractivity contribution >= 4 is 35.1 Å². The van der Waals surface area contributed by atoms with Crippen LogP contribution in [0.15, 0.2) is 54.6 Å². The fourth-order valence-corrected chi connectivity index (χ4v) is 4.16. The van der Waals surface area contributed by atoms with Crippen molar-refractivity contribution in [3.63, 3.8) is 0 Å². The Labute approximate surface area is 186 Å². The molecule has 1 aliphatic carbocycles. The number of ether oxygens (including phenoxy) is 1. The van der Waals surface area contributed by atoms with E-state index in [2.05, 4.69) is 5.32 Å². The molecule has 1 saturated heterocycles. The highest BCUT2D eigenvalue weighted by molar-refractivity contribution is 6.22. The van der Waals surface area contributed by atoms with Gasteiger partial charge < -0.3 is 10.1 Å². The summed E-state index contributed by atoms with van der Waals surface area (Å²) >= 11 is 0. The quantitative estimate of drug-likeness (QED) is 0.443. The second-order valence-electron chi connectivity index (χ2n) is 8.16. The topological polar surface area (TPSA) is 92.8 Å². The number of anilines is 2. The molecule has 164 valence electrons. The Bertz CT molecular complexity index is 1090. The molecule has 0 saturated carbocycles. The van der Waals surface area contributed by atoms with Crippen LogP contribution in [0.25, 0.3) is 0 Å². The molecule has 0 unspecified atom stereocenters. The van der Waals surface area contributed by atoms with Crippen molar-refractivity contribution in [1.82, 2.24) is 0 Å². The molecule has 1 N–H and O–H groups in total. The van der Waals surface area contributed by atoms with Gasteiger partial charge in [-0.1, -0.05) is 29.8 Å². The zero-order chi connectivity index (χ0) is 22.8. The lowest BCUT2D eigenvalue weighted by molar-refractivity contribution is -0.122. The van der Waals surface area contributed by atoms with Crippen LogP contribution in [-0.4, -0.2) is 30.3 Å². The minimum atomic E-state index is -0.663. The number of esters is 1. The van der Waals surface area contributed by atoms with E-state index in [1.54, 1.807) is 18.2 Å². The number of nitrogens with one attached hydrogen (secondary N) is 1. The third-order valence-corrected chi connectivity index (χ3v) is 5.86. The van der Waals surface area contributed by atoms with Crippen LogP contribution in [0, 0.1) is 25.7 Å². The first-order valence-corrected chi connectivity index (χ1v) is 10.5. The van der Waals surface area contributed by atoms with Crippen LogP contribution in [0.2, 0.25) is 0 Å². The van der Waals surface area contributed by atoms with Gasteiger partial charge in [-0.05, 0) is 62.6 Å². The molecular weight excluding hydrogens is 408 g/mol. The lowest BCUT2D eigenvalue weighted by atomic mass is 9.85. The van der Waals surface area contributed by atoms with Gasteiger partial charge in [-0.2, -0.15) is 0 Å². The number of aryl methyl sites for hydroxylation is 2. The first-order chi connectivity index (χ1) is 15.3. The summed E-state index contributed by atoms with van der Waals surface area (Å²) in [7, 11) is 0. The number of carbonyl (C=O) groups excluding carboxylic acids is 4. The maximum absolute atomic E-state index is 12.7. The SMILES string of the molecule is Cc1ccc(NC(=O)COC(=O)c2ccc(N3C(=O)[C@H]4CC=CC[C@H]4C3=O)cc2)c(C)c1. The molecule has 7 heteroatoms. The van der Waals surface area contributed by atoms with Crippen molar-refractivity contribution in [2.75, 3.05) is 16.8 Å². The van der Waals surface area contributed by atoms with Crippen molar-refractivity contribution in [3.05, 3.63) is 71.3 Å². The Balaban J connectivity index is 1.36. The molecule has 7 nitrogen and oxygen atoms in total. The van der Waals surface area contributed by atoms with Crippen LogP contribution >= 0.6 is 0 Å². The highest BCUT2D eigenvalue weighted by Gasteiger charge is 2.47. The smallest absolute Gasteiger partial charge is 0.338 e. The average Bonchev–Trinajstić information content (AvgIpc) is 3.04. The lowest BCUT2D eigenvalue weighted by Crippen LogP contribution is -2.30. The van der Waals surface area contributed by atoms with Gasteiger partial charge in [0.15, 0.2) is 6.61 Å². The largest absolute Gasteiger partial charge is 0.452 e. The van der Waals surface area contributed by atoms with E-state index < -0.39 is 18.5 Å². The zero-order valence-electron chi connectivity index (χ0n) is 18.0. The fourth-order valence-electron chi connectivity index (χ4n) is 4.16. The molecule has 0 aromatic heterocycles. The van der Waals surface area contributed by atoms with E-state index in [1.165, 1.54) is 17.0 Å². The number of amides is 3. The van der Waals surface area contributed by atoms with Crippen molar-refractivity contribution in [2.24, 2.45) is 11.8 Å². The number of hydrogen-bond acceptors (Lipinski definition) is 5. The van der Waals surface area contributed by atoms with Crippen LogP contribution < -0.4 is 10.2 Å². The molecule has 32 heavy (non-hydrogen) atoms. The van der Waals surface area contributed by atoms with Crippen molar-refractivity contribution in [2.45, 2.75) is 26.7 Å². The fraction of sp³-hybridized carbons (Fsp3) is 0.280. The lowest BCUT2D eigenvalue weighted by Gasteiger charge is -2.15. The Morgan fingerprint density at radius 3 is 2.19 bits per heavy atom. The number of rotatable bonds is 5. The molecule has 1 fully saturated rings. The van der Waals surface area contributed by atoms with Crippen LogP contribution in [0.3, 0.4) is 0 Å². The van der Waals surface area contributed by atoms with Crippen molar-refractivity contribution in [3.8, 4) is 0 Å². The van der Waals surface area contributed by atoms with Gasteiger partial charge in [-0.15, -0.1) is 0 Å². The Morgan fingerprint density at radius 2 is 1.59 bits per heavy atom. The number of carbonyl (C=O) groups is 4. The standard InChI is InChI=1S/C25H24N2O5/c1-15-7-12-21(16(2)13-15)26-22(28)14-32-25(31)17-8-10-18(11-9-17)27-23(29)19-5-3-4-6-20(19)24(27)30/h3-4,7-13,19-20H,5-6,14H2,1-2H3,(H,26,28)/t19-,20+. The van der Waals surface area contributed by atoms with Gasteiger partial charge in [0.05, 0.1) is 23.1 Å². The number of benzene rings is 2. The maximum atomic E-state index is 12.7. The Hall–Kier alpha value is -3.74. The van der Waals surface area contributed by atoms with Gasteiger partial charge in [0.25, 0.3) is 5.91 Å². The summed E-state index contributed by atoms with van der Waals surface area (Å²) in [4.78, 5) is 51.0. The van der Waals surface area contributed by atoms with E-state index in [0.717, 1.165) is 11.1 Å². The van der Waals surface area contributed by atoms with Crippen LogP contribution in [0.5, 0.6) is 0 Å². The summed E-state index contributed by atoms with van der Waals surface area (Å²) in [5.41, 5.74) is 3.33. The molecule has 2 aromatic carbocycles. The summed E-state index contributed by atoms with van der Waals surface area (Å²) in [6.07, 6.45) is 5.01. The van der Waals surface area contributed by atoms with Gasteiger partial charge in [0.2, 0.25) is 11.8 Å². The molecule has 2 aliphatic rings. The summed E-state index contributed by atoms with van der Waals surface area (Å²) in [6.45, 7) is 3.43. The van der Waals surface area contributed by atoms with Crippen LogP contribution in [0.1, 0.15) is 34.3 Å². The molecule has 1 heterocycles. The molecule has 1 aliphatic heterocycles. The normalized spacial score (nSPS) is 19.6.